The van der Waals surface area contributed by atoms with Crippen molar-refractivity contribution in [3.05, 3.63) is 52.8 Å². The number of hydrogen-bond donors (Lipinski definition) is 0. The zero-order valence-electron chi connectivity index (χ0n) is 10.2. The number of nitrogens with zero attached hydrogens (tertiary/aromatic N) is 2. The first-order valence-electron chi connectivity index (χ1n) is 5.70. The molecule has 0 aliphatic rings. The summed E-state index contributed by atoms with van der Waals surface area (Å²) in [6.07, 6.45) is 2.13. The first-order valence-corrected chi connectivity index (χ1v) is 5.70. The molecule has 5 heteroatoms. The molecule has 1 aromatic carbocycles. The number of aldehydes is 1. The average molecular weight is 254 g/mol. The molecular formula is C14H10N2O3. The molecule has 5 nitrogen and oxygen atoms in total. The minimum atomic E-state index is -0.117. The molecular weight excluding hydrogens is 244 g/mol. The van der Waals surface area contributed by atoms with Gasteiger partial charge in [0.2, 0.25) is 0 Å². The summed E-state index contributed by atoms with van der Waals surface area (Å²) in [7, 11) is 1.65. The smallest absolute Gasteiger partial charge is 0.260 e. The van der Waals surface area contributed by atoms with Crippen molar-refractivity contribution >= 4 is 17.2 Å². The van der Waals surface area contributed by atoms with Crippen molar-refractivity contribution in [3.8, 4) is 11.3 Å². The second-order valence-electron chi connectivity index (χ2n) is 4.21. The summed E-state index contributed by atoms with van der Waals surface area (Å²) in [4.78, 5) is 26.8. The lowest BCUT2D eigenvalue weighted by atomic mass is 10.1. The van der Waals surface area contributed by atoms with Gasteiger partial charge in [-0.25, -0.2) is 4.98 Å². The maximum Gasteiger partial charge on any atom is 0.260 e. The molecule has 0 saturated heterocycles. The Hall–Kier alpha value is -2.69. The van der Waals surface area contributed by atoms with Crippen LogP contribution >= 0.6 is 0 Å². The third-order valence-corrected chi connectivity index (χ3v) is 2.94. The van der Waals surface area contributed by atoms with Gasteiger partial charge in [-0.15, -0.1) is 0 Å². The molecule has 0 aliphatic heterocycles. The first kappa shape index (κ1) is 11.4. The highest BCUT2D eigenvalue weighted by Gasteiger charge is 2.08. The number of fused-ring (bicyclic) bond motifs is 1. The fourth-order valence-electron chi connectivity index (χ4n) is 1.94. The Morgan fingerprint density at radius 2 is 2.11 bits per heavy atom. The molecule has 2 heterocycles. The maximum absolute atomic E-state index is 12.0. The third kappa shape index (κ3) is 1.85. The van der Waals surface area contributed by atoms with Gasteiger partial charge in [0.1, 0.15) is 5.76 Å². The largest absolute Gasteiger partial charge is 0.453 e. The van der Waals surface area contributed by atoms with Gasteiger partial charge in [0, 0.05) is 12.6 Å². The maximum atomic E-state index is 12.0. The first-order chi connectivity index (χ1) is 9.19. The molecule has 2 aromatic heterocycles. The average Bonchev–Trinajstić information content (AvgIpc) is 2.92. The molecule has 0 N–H and O–H groups in total. The van der Waals surface area contributed by atoms with Gasteiger partial charge in [0.05, 0.1) is 17.2 Å². The summed E-state index contributed by atoms with van der Waals surface area (Å²) in [6.45, 7) is 0. The van der Waals surface area contributed by atoms with Crippen molar-refractivity contribution in [1.82, 2.24) is 9.55 Å². The highest BCUT2D eigenvalue weighted by Crippen LogP contribution is 2.23. The Labute approximate surface area is 108 Å². The van der Waals surface area contributed by atoms with Gasteiger partial charge in [0.25, 0.3) is 5.56 Å². The SMILES string of the molecule is Cn1cnc2ccc(-c3ccc(C=O)o3)cc2c1=O. The van der Waals surface area contributed by atoms with Crippen LogP contribution in [-0.2, 0) is 7.05 Å². The van der Waals surface area contributed by atoms with E-state index in [-0.39, 0.29) is 11.3 Å². The monoisotopic (exact) mass is 254 g/mol. The number of benzene rings is 1. The van der Waals surface area contributed by atoms with E-state index < -0.39 is 0 Å². The van der Waals surface area contributed by atoms with Crippen molar-refractivity contribution in [2.45, 2.75) is 0 Å². The normalized spacial score (nSPS) is 10.8. The Bertz CT molecular complexity index is 830. The van der Waals surface area contributed by atoms with Crippen LogP contribution < -0.4 is 5.56 Å². The van der Waals surface area contributed by atoms with Gasteiger partial charge in [-0.3, -0.25) is 9.59 Å². The Morgan fingerprint density at radius 3 is 2.84 bits per heavy atom. The highest BCUT2D eigenvalue weighted by atomic mass is 16.3. The van der Waals surface area contributed by atoms with E-state index in [2.05, 4.69) is 4.98 Å². The number of rotatable bonds is 2. The molecule has 0 amide bonds. The molecule has 0 unspecified atom stereocenters. The van der Waals surface area contributed by atoms with E-state index in [0.29, 0.717) is 22.9 Å². The molecule has 0 bridgehead atoms. The van der Waals surface area contributed by atoms with Crippen LogP contribution in [0.5, 0.6) is 0 Å². The number of carbonyl (C=O) groups is 1. The Morgan fingerprint density at radius 1 is 1.26 bits per heavy atom. The molecule has 19 heavy (non-hydrogen) atoms. The predicted octanol–water partition coefficient (Wildman–Crippen LogP) is 2.01. The number of carbonyl (C=O) groups excluding carboxylic acids is 1. The van der Waals surface area contributed by atoms with Crippen molar-refractivity contribution in [3.63, 3.8) is 0 Å². The van der Waals surface area contributed by atoms with Crippen LogP contribution in [-0.4, -0.2) is 15.8 Å². The number of furan rings is 1. The van der Waals surface area contributed by atoms with Gasteiger partial charge in [-0.05, 0) is 30.3 Å². The topological polar surface area (TPSA) is 65.1 Å². The van der Waals surface area contributed by atoms with Crippen molar-refractivity contribution in [2.24, 2.45) is 7.05 Å². The van der Waals surface area contributed by atoms with Crippen LogP contribution in [0.15, 0.2) is 45.9 Å². The predicted molar refractivity (Wildman–Crippen MR) is 70.1 cm³/mol. The molecule has 0 spiro atoms. The van der Waals surface area contributed by atoms with E-state index in [0.717, 1.165) is 5.56 Å². The van der Waals surface area contributed by atoms with Crippen LogP contribution in [0.1, 0.15) is 10.6 Å². The molecule has 3 rings (SSSR count). The standard InChI is InChI=1S/C14H10N2O3/c1-16-8-15-12-4-2-9(6-11(12)14(16)18)13-5-3-10(7-17)19-13/h2-8H,1H3. The van der Waals surface area contributed by atoms with Gasteiger partial charge in [0.15, 0.2) is 12.0 Å². The van der Waals surface area contributed by atoms with Gasteiger partial charge >= 0.3 is 0 Å². The minimum absolute atomic E-state index is 0.117. The van der Waals surface area contributed by atoms with E-state index in [1.54, 1.807) is 31.3 Å². The van der Waals surface area contributed by atoms with Crippen molar-refractivity contribution in [2.75, 3.05) is 0 Å². The fourth-order valence-corrected chi connectivity index (χ4v) is 1.94. The third-order valence-electron chi connectivity index (χ3n) is 2.94. The molecule has 0 radical (unpaired) electrons. The second-order valence-corrected chi connectivity index (χ2v) is 4.21. The summed E-state index contributed by atoms with van der Waals surface area (Å²) in [5, 5.41) is 0.520. The van der Waals surface area contributed by atoms with Crippen molar-refractivity contribution < 1.29 is 9.21 Å². The Kier molecular flexibility index (Phi) is 2.52. The Balaban J connectivity index is 2.23. The van der Waals surface area contributed by atoms with Crippen LogP contribution in [0.4, 0.5) is 0 Å². The molecule has 0 fully saturated rings. The zero-order valence-corrected chi connectivity index (χ0v) is 10.2. The van der Waals surface area contributed by atoms with E-state index in [9.17, 15) is 9.59 Å². The number of aromatic nitrogens is 2. The van der Waals surface area contributed by atoms with Gasteiger partial charge in [-0.1, -0.05) is 0 Å². The van der Waals surface area contributed by atoms with Crippen LogP contribution in [0.3, 0.4) is 0 Å². The van der Waals surface area contributed by atoms with Crippen LogP contribution in [0.25, 0.3) is 22.2 Å². The molecule has 3 aromatic rings. The summed E-state index contributed by atoms with van der Waals surface area (Å²) >= 11 is 0. The van der Waals surface area contributed by atoms with Crippen molar-refractivity contribution in [1.29, 1.82) is 0 Å². The summed E-state index contributed by atoms with van der Waals surface area (Å²) in [5.74, 6) is 0.809. The number of aryl methyl sites for hydroxylation is 1. The fraction of sp³-hybridized carbons (Fsp3) is 0.0714. The molecule has 0 saturated carbocycles. The minimum Gasteiger partial charge on any atom is -0.453 e. The van der Waals surface area contributed by atoms with Crippen LogP contribution in [0, 0.1) is 0 Å². The summed E-state index contributed by atoms with van der Waals surface area (Å²) in [5.41, 5.74) is 1.26. The van der Waals surface area contributed by atoms with E-state index in [4.69, 9.17) is 4.42 Å². The lowest BCUT2D eigenvalue weighted by molar-refractivity contribution is 0.110. The lowest BCUT2D eigenvalue weighted by Gasteiger charge is -2.02. The van der Waals surface area contributed by atoms with Gasteiger partial charge < -0.3 is 8.98 Å². The zero-order chi connectivity index (χ0) is 13.4. The quantitative estimate of drug-likeness (QED) is 0.656. The van der Waals surface area contributed by atoms with Crippen LogP contribution in [0.2, 0.25) is 0 Å². The molecule has 0 aliphatic carbocycles. The number of hydrogen-bond acceptors (Lipinski definition) is 4. The highest BCUT2D eigenvalue weighted by molar-refractivity contribution is 5.83. The van der Waals surface area contributed by atoms with E-state index in [1.165, 1.54) is 10.9 Å². The van der Waals surface area contributed by atoms with E-state index >= 15 is 0 Å². The second kappa shape index (κ2) is 4.20. The summed E-state index contributed by atoms with van der Waals surface area (Å²) in [6, 6.07) is 8.58. The summed E-state index contributed by atoms with van der Waals surface area (Å²) < 4.78 is 6.76. The molecule has 0 atom stereocenters. The molecule has 94 valence electrons. The van der Waals surface area contributed by atoms with Gasteiger partial charge in [-0.2, -0.15) is 0 Å². The van der Waals surface area contributed by atoms with E-state index in [1.807, 2.05) is 6.07 Å². The lowest BCUT2D eigenvalue weighted by Crippen LogP contribution is -2.16.